The highest BCUT2D eigenvalue weighted by Gasteiger charge is 2.48. The molecule has 118 valence electrons. The SMILES string of the molecule is O=C(NO)c1cnc2c(c1)CCN([C@H]1C[C@]3(CCCN3)C1)C2. The van der Waals surface area contributed by atoms with Crippen molar-refractivity contribution in [1.82, 2.24) is 20.7 Å². The van der Waals surface area contributed by atoms with Crippen LogP contribution in [0.15, 0.2) is 12.3 Å². The minimum atomic E-state index is -0.494. The molecule has 3 N–H and O–H groups in total. The fourth-order valence-electron chi connectivity index (χ4n) is 4.25. The topological polar surface area (TPSA) is 77.5 Å². The van der Waals surface area contributed by atoms with Crippen molar-refractivity contribution in [2.45, 2.75) is 50.2 Å². The lowest BCUT2D eigenvalue weighted by atomic mass is 9.70. The van der Waals surface area contributed by atoms with Gasteiger partial charge in [0, 0.05) is 30.9 Å². The number of nitrogens with zero attached hydrogens (tertiary/aromatic N) is 2. The molecule has 0 radical (unpaired) electrons. The van der Waals surface area contributed by atoms with Crippen LogP contribution in [0.5, 0.6) is 0 Å². The van der Waals surface area contributed by atoms with Crippen LogP contribution in [0.2, 0.25) is 0 Å². The number of rotatable bonds is 2. The highest BCUT2D eigenvalue weighted by molar-refractivity contribution is 5.93. The summed E-state index contributed by atoms with van der Waals surface area (Å²) in [5.41, 5.74) is 4.72. The van der Waals surface area contributed by atoms with Gasteiger partial charge >= 0.3 is 0 Å². The Morgan fingerprint density at radius 1 is 1.50 bits per heavy atom. The number of nitrogens with one attached hydrogen (secondary N) is 2. The predicted molar refractivity (Wildman–Crippen MR) is 80.6 cm³/mol. The number of carbonyl (C=O) groups excluding carboxylic acids is 1. The molecule has 2 fully saturated rings. The summed E-state index contributed by atoms with van der Waals surface area (Å²) >= 11 is 0. The van der Waals surface area contributed by atoms with Gasteiger partial charge in [0.15, 0.2) is 0 Å². The maximum Gasteiger partial charge on any atom is 0.276 e. The van der Waals surface area contributed by atoms with E-state index < -0.39 is 5.91 Å². The van der Waals surface area contributed by atoms with Crippen molar-refractivity contribution in [3.8, 4) is 0 Å². The lowest BCUT2D eigenvalue weighted by Gasteiger charge is -2.51. The molecule has 6 heteroatoms. The van der Waals surface area contributed by atoms with Crippen LogP contribution in [0.25, 0.3) is 0 Å². The van der Waals surface area contributed by atoms with Gasteiger partial charge in [-0.3, -0.25) is 19.9 Å². The normalized spacial score (nSPS) is 30.9. The molecule has 1 saturated heterocycles. The number of pyridine rings is 1. The Kier molecular flexibility index (Phi) is 3.40. The largest absolute Gasteiger partial charge is 0.311 e. The van der Waals surface area contributed by atoms with E-state index in [2.05, 4.69) is 15.2 Å². The number of hydroxylamine groups is 1. The molecule has 3 aliphatic rings. The molecule has 0 unspecified atom stereocenters. The third-order valence-electron chi connectivity index (χ3n) is 5.55. The Morgan fingerprint density at radius 2 is 2.36 bits per heavy atom. The van der Waals surface area contributed by atoms with Gasteiger partial charge < -0.3 is 5.32 Å². The quantitative estimate of drug-likeness (QED) is 0.557. The van der Waals surface area contributed by atoms with Crippen LogP contribution >= 0.6 is 0 Å². The van der Waals surface area contributed by atoms with Crippen LogP contribution in [0, 0.1) is 0 Å². The van der Waals surface area contributed by atoms with Crippen molar-refractivity contribution >= 4 is 5.91 Å². The summed E-state index contributed by atoms with van der Waals surface area (Å²) in [6.45, 7) is 3.07. The van der Waals surface area contributed by atoms with Gasteiger partial charge in [0.25, 0.3) is 5.91 Å². The van der Waals surface area contributed by atoms with Gasteiger partial charge in [-0.25, -0.2) is 5.48 Å². The van der Waals surface area contributed by atoms with Crippen LogP contribution < -0.4 is 10.8 Å². The van der Waals surface area contributed by atoms with Crippen LogP contribution in [-0.4, -0.2) is 45.7 Å². The van der Waals surface area contributed by atoms with Crippen molar-refractivity contribution in [3.63, 3.8) is 0 Å². The molecule has 6 nitrogen and oxygen atoms in total. The molecular formula is C16H22N4O2. The van der Waals surface area contributed by atoms with Gasteiger partial charge in [0.05, 0.1) is 11.3 Å². The molecule has 0 atom stereocenters. The Bertz CT molecular complexity index is 590. The number of amides is 1. The number of carbonyl (C=O) groups is 1. The summed E-state index contributed by atoms with van der Waals surface area (Å²) in [5.74, 6) is -0.494. The maximum atomic E-state index is 11.5. The van der Waals surface area contributed by atoms with Gasteiger partial charge in [0.1, 0.15) is 0 Å². The number of fused-ring (bicyclic) bond motifs is 1. The van der Waals surface area contributed by atoms with Gasteiger partial charge in [0.2, 0.25) is 0 Å². The van der Waals surface area contributed by atoms with Crippen molar-refractivity contribution in [2.75, 3.05) is 13.1 Å². The zero-order valence-corrected chi connectivity index (χ0v) is 12.6. The van der Waals surface area contributed by atoms with E-state index in [1.54, 1.807) is 11.7 Å². The third-order valence-corrected chi connectivity index (χ3v) is 5.55. The number of hydrogen-bond donors (Lipinski definition) is 3. The molecule has 0 aromatic carbocycles. The van der Waals surface area contributed by atoms with Crippen LogP contribution in [-0.2, 0) is 13.0 Å². The minimum absolute atomic E-state index is 0.424. The first kappa shape index (κ1) is 14.1. The van der Waals surface area contributed by atoms with Gasteiger partial charge in [-0.15, -0.1) is 0 Å². The Balaban J connectivity index is 1.43. The van der Waals surface area contributed by atoms with Crippen molar-refractivity contribution < 1.29 is 10.0 Å². The summed E-state index contributed by atoms with van der Waals surface area (Å²) in [7, 11) is 0. The average molecular weight is 302 g/mol. The van der Waals surface area contributed by atoms with E-state index in [4.69, 9.17) is 5.21 Å². The Labute approximate surface area is 129 Å². The summed E-state index contributed by atoms with van der Waals surface area (Å²) < 4.78 is 0. The fraction of sp³-hybridized carbons (Fsp3) is 0.625. The van der Waals surface area contributed by atoms with E-state index in [1.165, 1.54) is 32.2 Å². The third kappa shape index (κ3) is 2.31. The first-order chi connectivity index (χ1) is 10.7. The lowest BCUT2D eigenvalue weighted by Crippen LogP contribution is -2.60. The van der Waals surface area contributed by atoms with Crippen LogP contribution in [0.1, 0.15) is 47.3 Å². The second-order valence-electron chi connectivity index (χ2n) is 6.86. The summed E-state index contributed by atoms with van der Waals surface area (Å²) in [6, 6.07) is 2.52. The van der Waals surface area contributed by atoms with E-state index in [9.17, 15) is 4.79 Å². The predicted octanol–water partition coefficient (Wildman–Crippen LogP) is 0.843. The van der Waals surface area contributed by atoms with Gasteiger partial charge in [-0.05, 0) is 50.3 Å². The average Bonchev–Trinajstić information content (AvgIpc) is 3.01. The van der Waals surface area contributed by atoms with Crippen molar-refractivity contribution in [1.29, 1.82) is 0 Å². The molecule has 1 amide bonds. The molecule has 0 bridgehead atoms. The van der Waals surface area contributed by atoms with Crippen LogP contribution in [0.3, 0.4) is 0 Å². The monoisotopic (exact) mass is 302 g/mol. The summed E-state index contributed by atoms with van der Waals surface area (Å²) in [5, 5.41) is 12.4. The smallest absolute Gasteiger partial charge is 0.276 e. The number of hydrogen-bond acceptors (Lipinski definition) is 5. The van der Waals surface area contributed by atoms with E-state index in [-0.39, 0.29) is 0 Å². The summed E-state index contributed by atoms with van der Waals surface area (Å²) in [4.78, 5) is 18.4. The zero-order valence-electron chi connectivity index (χ0n) is 12.6. The zero-order chi connectivity index (χ0) is 15.2. The number of aromatic nitrogens is 1. The molecule has 1 aliphatic carbocycles. The molecular weight excluding hydrogens is 280 g/mol. The molecule has 1 aromatic rings. The molecule has 4 rings (SSSR count). The minimum Gasteiger partial charge on any atom is -0.311 e. The summed E-state index contributed by atoms with van der Waals surface area (Å²) in [6.07, 6.45) is 7.62. The first-order valence-corrected chi connectivity index (χ1v) is 8.10. The second kappa shape index (κ2) is 5.30. The van der Waals surface area contributed by atoms with E-state index in [1.807, 2.05) is 6.07 Å². The van der Waals surface area contributed by atoms with E-state index >= 15 is 0 Å². The molecule has 2 aliphatic heterocycles. The molecule has 22 heavy (non-hydrogen) atoms. The highest BCUT2D eigenvalue weighted by Crippen LogP contribution is 2.42. The molecule has 3 heterocycles. The lowest BCUT2D eigenvalue weighted by molar-refractivity contribution is 0.0356. The van der Waals surface area contributed by atoms with Gasteiger partial charge in [-0.1, -0.05) is 0 Å². The Hall–Kier alpha value is -1.50. The van der Waals surface area contributed by atoms with Crippen LogP contribution in [0.4, 0.5) is 0 Å². The van der Waals surface area contributed by atoms with Gasteiger partial charge in [-0.2, -0.15) is 0 Å². The second-order valence-corrected chi connectivity index (χ2v) is 6.86. The van der Waals surface area contributed by atoms with Crippen molar-refractivity contribution in [3.05, 3.63) is 29.1 Å². The fourth-order valence-corrected chi connectivity index (χ4v) is 4.25. The Morgan fingerprint density at radius 3 is 3.09 bits per heavy atom. The van der Waals surface area contributed by atoms with E-state index in [0.29, 0.717) is 17.1 Å². The first-order valence-electron chi connectivity index (χ1n) is 8.10. The van der Waals surface area contributed by atoms with E-state index in [0.717, 1.165) is 30.8 Å². The molecule has 1 spiro atoms. The highest BCUT2D eigenvalue weighted by atomic mass is 16.5. The van der Waals surface area contributed by atoms with Crippen molar-refractivity contribution in [2.24, 2.45) is 0 Å². The maximum absolute atomic E-state index is 11.5. The standard InChI is InChI=1S/C16H22N4O2/c21-15(19-22)12-6-11-2-5-20(10-14(11)17-9-12)13-7-16(8-13)3-1-4-18-16/h6,9,13,18,22H,1-5,7-8,10H2,(H,19,21)/t13-,16+. The molecule has 1 aromatic heterocycles. The molecule has 1 saturated carbocycles.